The number of nitrogens with one attached hydrogen (secondary N) is 2. The Kier molecular flexibility index (Phi) is 5.79. The molecule has 1 aliphatic heterocycles. The van der Waals surface area contributed by atoms with Crippen LogP contribution < -0.4 is 10.6 Å². The highest BCUT2D eigenvalue weighted by Crippen LogP contribution is 2.30. The molecule has 100 valence electrons. The molecule has 2 rings (SSSR count). The minimum absolute atomic E-state index is 0.934. The largest absolute Gasteiger partial charge is 0.317 e. The zero-order valence-electron chi connectivity index (χ0n) is 11.5. The molecule has 0 bridgehead atoms. The second-order valence-corrected chi connectivity index (χ2v) is 6.15. The maximum Gasteiger partial charge on any atom is -0.00195 e. The second-order valence-electron chi connectivity index (χ2n) is 6.15. The zero-order chi connectivity index (χ0) is 11.9. The smallest absolute Gasteiger partial charge is 0.00195 e. The molecule has 2 heteroatoms. The first kappa shape index (κ1) is 13.4. The van der Waals surface area contributed by atoms with Crippen LogP contribution in [0.4, 0.5) is 0 Å². The van der Waals surface area contributed by atoms with Crippen molar-refractivity contribution in [3.05, 3.63) is 0 Å². The lowest BCUT2D eigenvalue weighted by molar-refractivity contribution is 0.255. The first-order chi connectivity index (χ1) is 8.38. The van der Waals surface area contributed by atoms with Crippen molar-refractivity contribution in [1.82, 2.24) is 10.6 Å². The third-order valence-corrected chi connectivity index (χ3v) is 4.87. The monoisotopic (exact) mass is 238 g/mol. The molecule has 0 aromatic carbocycles. The number of hydrogen-bond donors (Lipinski definition) is 2. The Hall–Kier alpha value is -0.0800. The van der Waals surface area contributed by atoms with Crippen molar-refractivity contribution in [2.75, 3.05) is 26.2 Å². The van der Waals surface area contributed by atoms with Gasteiger partial charge in [0, 0.05) is 0 Å². The zero-order valence-corrected chi connectivity index (χ0v) is 11.5. The standard InChI is InChI=1S/C15H30N2/c1-2-13-3-5-14(6-4-13)11-17-12-15-7-9-16-10-8-15/h13-17H,2-12H2,1H3. The molecule has 1 heterocycles. The van der Waals surface area contributed by atoms with Gasteiger partial charge in [0.15, 0.2) is 0 Å². The molecular weight excluding hydrogens is 208 g/mol. The first-order valence-electron chi connectivity index (χ1n) is 7.80. The normalized spacial score (nSPS) is 31.6. The molecule has 0 atom stereocenters. The van der Waals surface area contributed by atoms with E-state index in [9.17, 15) is 0 Å². The van der Waals surface area contributed by atoms with Crippen LogP contribution in [0.25, 0.3) is 0 Å². The van der Waals surface area contributed by atoms with Crippen molar-refractivity contribution in [3.8, 4) is 0 Å². The van der Waals surface area contributed by atoms with Gasteiger partial charge in [-0.15, -0.1) is 0 Å². The summed E-state index contributed by atoms with van der Waals surface area (Å²) in [4.78, 5) is 0. The van der Waals surface area contributed by atoms with Crippen LogP contribution >= 0.6 is 0 Å². The van der Waals surface area contributed by atoms with Crippen LogP contribution in [-0.2, 0) is 0 Å². The lowest BCUT2D eigenvalue weighted by Gasteiger charge is -2.29. The number of rotatable bonds is 5. The van der Waals surface area contributed by atoms with E-state index < -0.39 is 0 Å². The van der Waals surface area contributed by atoms with E-state index in [1.165, 1.54) is 71.1 Å². The lowest BCUT2D eigenvalue weighted by atomic mass is 9.81. The highest BCUT2D eigenvalue weighted by atomic mass is 14.9. The summed E-state index contributed by atoms with van der Waals surface area (Å²) in [5, 5.41) is 7.17. The van der Waals surface area contributed by atoms with E-state index in [1.54, 1.807) is 0 Å². The average Bonchev–Trinajstić information content (AvgIpc) is 2.41. The molecule has 1 saturated carbocycles. The molecule has 2 fully saturated rings. The molecule has 0 unspecified atom stereocenters. The summed E-state index contributed by atoms with van der Waals surface area (Å²) < 4.78 is 0. The molecule has 1 aliphatic carbocycles. The topological polar surface area (TPSA) is 24.1 Å². The van der Waals surface area contributed by atoms with Gasteiger partial charge >= 0.3 is 0 Å². The maximum absolute atomic E-state index is 3.73. The van der Waals surface area contributed by atoms with Gasteiger partial charge in [-0.25, -0.2) is 0 Å². The van der Waals surface area contributed by atoms with E-state index in [4.69, 9.17) is 0 Å². The quantitative estimate of drug-likeness (QED) is 0.769. The Morgan fingerprint density at radius 1 is 0.824 bits per heavy atom. The molecule has 0 aromatic heterocycles. The van der Waals surface area contributed by atoms with Gasteiger partial charge < -0.3 is 10.6 Å². The Morgan fingerprint density at radius 2 is 1.35 bits per heavy atom. The van der Waals surface area contributed by atoms with Crippen LogP contribution in [0.3, 0.4) is 0 Å². The van der Waals surface area contributed by atoms with Crippen molar-refractivity contribution < 1.29 is 0 Å². The summed E-state index contributed by atoms with van der Waals surface area (Å²) >= 11 is 0. The van der Waals surface area contributed by atoms with Gasteiger partial charge in [-0.2, -0.15) is 0 Å². The summed E-state index contributed by atoms with van der Waals surface area (Å²) in [6.45, 7) is 7.35. The van der Waals surface area contributed by atoms with Crippen molar-refractivity contribution in [3.63, 3.8) is 0 Å². The third-order valence-electron chi connectivity index (χ3n) is 4.87. The van der Waals surface area contributed by atoms with E-state index in [-0.39, 0.29) is 0 Å². The van der Waals surface area contributed by atoms with Gasteiger partial charge in [-0.3, -0.25) is 0 Å². The molecule has 0 radical (unpaired) electrons. The lowest BCUT2D eigenvalue weighted by Crippen LogP contribution is -2.35. The minimum atomic E-state index is 0.934. The number of hydrogen-bond acceptors (Lipinski definition) is 2. The summed E-state index contributed by atoms with van der Waals surface area (Å²) in [6.07, 6.45) is 10.0. The summed E-state index contributed by atoms with van der Waals surface area (Å²) in [5.41, 5.74) is 0. The van der Waals surface area contributed by atoms with E-state index in [0.29, 0.717) is 0 Å². The Balaban J connectivity index is 1.53. The highest BCUT2D eigenvalue weighted by molar-refractivity contribution is 4.75. The van der Waals surface area contributed by atoms with Crippen LogP contribution in [0.5, 0.6) is 0 Å². The van der Waals surface area contributed by atoms with E-state index in [0.717, 1.165) is 17.8 Å². The van der Waals surface area contributed by atoms with Crippen LogP contribution in [-0.4, -0.2) is 26.2 Å². The van der Waals surface area contributed by atoms with Crippen molar-refractivity contribution in [2.24, 2.45) is 17.8 Å². The van der Waals surface area contributed by atoms with Crippen molar-refractivity contribution in [2.45, 2.75) is 51.9 Å². The molecule has 2 nitrogen and oxygen atoms in total. The SMILES string of the molecule is CCC1CCC(CNCC2CCNCC2)CC1. The fraction of sp³-hybridized carbons (Fsp3) is 1.00. The summed E-state index contributed by atoms with van der Waals surface area (Å²) in [7, 11) is 0. The van der Waals surface area contributed by atoms with Crippen LogP contribution in [0, 0.1) is 17.8 Å². The van der Waals surface area contributed by atoms with E-state index in [1.807, 2.05) is 0 Å². The Bertz CT molecular complexity index is 191. The molecule has 2 N–H and O–H groups in total. The highest BCUT2D eigenvalue weighted by Gasteiger charge is 2.20. The number of piperidine rings is 1. The molecule has 0 spiro atoms. The van der Waals surface area contributed by atoms with Crippen LogP contribution in [0.1, 0.15) is 51.9 Å². The fourth-order valence-electron chi connectivity index (χ4n) is 3.42. The summed E-state index contributed by atoms with van der Waals surface area (Å²) in [5.74, 6) is 2.94. The predicted octanol–water partition coefficient (Wildman–Crippen LogP) is 2.79. The molecule has 17 heavy (non-hydrogen) atoms. The predicted molar refractivity (Wildman–Crippen MR) is 74.2 cm³/mol. The van der Waals surface area contributed by atoms with Gasteiger partial charge in [-0.1, -0.05) is 26.2 Å². The summed E-state index contributed by atoms with van der Waals surface area (Å²) in [6, 6.07) is 0. The molecular formula is C15H30N2. The first-order valence-corrected chi connectivity index (χ1v) is 7.80. The third kappa shape index (κ3) is 4.59. The fourth-order valence-corrected chi connectivity index (χ4v) is 3.42. The molecule has 0 amide bonds. The Morgan fingerprint density at radius 3 is 1.94 bits per heavy atom. The van der Waals surface area contributed by atoms with Crippen LogP contribution in [0.2, 0.25) is 0 Å². The van der Waals surface area contributed by atoms with Gasteiger partial charge in [0.05, 0.1) is 0 Å². The van der Waals surface area contributed by atoms with Crippen molar-refractivity contribution >= 4 is 0 Å². The maximum atomic E-state index is 3.73. The van der Waals surface area contributed by atoms with Gasteiger partial charge in [0.1, 0.15) is 0 Å². The van der Waals surface area contributed by atoms with Gasteiger partial charge in [0.25, 0.3) is 0 Å². The Labute approximate surface area is 107 Å². The molecule has 1 saturated heterocycles. The minimum Gasteiger partial charge on any atom is -0.317 e. The van der Waals surface area contributed by atoms with Crippen molar-refractivity contribution in [1.29, 1.82) is 0 Å². The molecule has 0 aromatic rings. The van der Waals surface area contributed by atoms with E-state index in [2.05, 4.69) is 17.6 Å². The van der Waals surface area contributed by atoms with E-state index >= 15 is 0 Å². The van der Waals surface area contributed by atoms with Gasteiger partial charge in [-0.05, 0) is 69.6 Å². The average molecular weight is 238 g/mol. The second kappa shape index (κ2) is 7.38. The van der Waals surface area contributed by atoms with Crippen LogP contribution in [0.15, 0.2) is 0 Å². The molecule has 2 aliphatic rings. The van der Waals surface area contributed by atoms with Gasteiger partial charge in [0.2, 0.25) is 0 Å².